The van der Waals surface area contributed by atoms with Crippen molar-refractivity contribution in [3.8, 4) is 5.75 Å². The van der Waals surface area contributed by atoms with Gasteiger partial charge in [-0.1, -0.05) is 32.9 Å². The summed E-state index contributed by atoms with van der Waals surface area (Å²) in [7, 11) is 1.95. The number of likely N-dealkylation sites (tertiary alicyclic amines) is 1. The molecule has 122 valence electrons. The van der Waals surface area contributed by atoms with Crippen LogP contribution in [0.3, 0.4) is 0 Å². The van der Waals surface area contributed by atoms with Gasteiger partial charge in [0.05, 0.1) is 0 Å². The molecule has 1 aliphatic rings. The Hall–Kier alpha value is -1.55. The van der Waals surface area contributed by atoms with Gasteiger partial charge in [0.25, 0.3) is 5.91 Å². The Balaban J connectivity index is 1.86. The second-order valence-corrected chi connectivity index (χ2v) is 7.03. The first-order chi connectivity index (χ1) is 10.4. The van der Waals surface area contributed by atoms with Crippen molar-refractivity contribution in [3.05, 3.63) is 29.8 Å². The first-order valence-corrected chi connectivity index (χ1v) is 8.08. The molecule has 1 aromatic rings. The molecule has 1 N–H and O–H groups in total. The predicted molar refractivity (Wildman–Crippen MR) is 89.3 cm³/mol. The smallest absolute Gasteiger partial charge is 0.260 e. The number of hydrogen-bond donors (Lipinski definition) is 1. The van der Waals surface area contributed by atoms with Crippen LogP contribution in [0.15, 0.2) is 24.3 Å². The zero-order chi connectivity index (χ0) is 16.2. The van der Waals surface area contributed by atoms with Gasteiger partial charge in [0.2, 0.25) is 0 Å². The molecule has 1 amide bonds. The van der Waals surface area contributed by atoms with E-state index < -0.39 is 0 Å². The molecule has 1 saturated heterocycles. The summed E-state index contributed by atoms with van der Waals surface area (Å²) >= 11 is 0. The van der Waals surface area contributed by atoms with E-state index >= 15 is 0 Å². The van der Waals surface area contributed by atoms with Gasteiger partial charge in [-0.05, 0) is 43.0 Å². The molecule has 2 rings (SSSR count). The lowest BCUT2D eigenvalue weighted by Gasteiger charge is -2.32. The van der Waals surface area contributed by atoms with Crippen LogP contribution in [0.1, 0.15) is 39.2 Å². The molecule has 0 spiro atoms. The number of amides is 1. The first-order valence-electron chi connectivity index (χ1n) is 8.08. The number of nitrogens with one attached hydrogen (secondary N) is 1. The fourth-order valence-electron chi connectivity index (χ4n) is 2.73. The van der Waals surface area contributed by atoms with Crippen LogP contribution in [-0.4, -0.2) is 43.6 Å². The van der Waals surface area contributed by atoms with Gasteiger partial charge in [-0.15, -0.1) is 0 Å². The number of carbonyl (C=O) groups is 1. The number of benzene rings is 1. The Morgan fingerprint density at radius 1 is 1.32 bits per heavy atom. The van der Waals surface area contributed by atoms with E-state index in [1.807, 2.05) is 24.1 Å². The number of carbonyl (C=O) groups excluding carboxylic acids is 1. The van der Waals surface area contributed by atoms with Gasteiger partial charge >= 0.3 is 0 Å². The second kappa shape index (κ2) is 7.14. The lowest BCUT2D eigenvalue weighted by atomic mass is 9.87. The summed E-state index contributed by atoms with van der Waals surface area (Å²) in [5, 5.41) is 3.25. The van der Waals surface area contributed by atoms with Crippen LogP contribution >= 0.6 is 0 Å². The second-order valence-electron chi connectivity index (χ2n) is 7.03. The maximum absolute atomic E-state index is 12.2. The van der Waals surface area contributed by atoms with Crippen LogP contribution in [0, 0.1) is 0 Å². The molecule has 0 saturated carbocycles. The van der Waals surface area contributed by atoms with Crippen LogP contribution in [-0.2, 0) is 10.2 Å². The SMILES string of the molecule is CNC1CCCN(C(=O)COc2ccc(C(C)(C)C)cc2)C1. The molecule has 1 unspecified atom stereocenters. The van der Waals surface area contributed by atoms with Crippen LogP contribution in [0.2, 0.25) is 0 Å². The number of hydrogen-bond acceptors (Lipinski definition) is 3. The molecule has 0 aromatic heterocycles. The van der Waals surface area contributed by atoms with E-state index in [1.54, 1.807) is 0 Å². The van der Waals surface area contributed by atoms with Crippen molar-refractivity contribution in [2.75, 3.05) is 26.7 Å². The van der Waals surface area contributed by atoms with Crippen molar-refractivity contribution in [2.45, 2.75) is 45.1 Å². The van der Waals surface area contributed by atoms with E-state index in [1.165, 1.54) is 5.56 Å². The topological polar surface area (TPSA) is 41.6 Å². The van der Waals surface area contributed by atoms with Gasteiger partial charge in [0.1, 0.15) is 5.75 Å². The lowest BCUT2D eigenvalue weighted by Crippen LogP contribution is -2.48. The maximum Gasteiger partial charge on any atom is 0.260 e. The highest BCUT2D eigenvalue weighted by Gasteiger charge is 2.22. The summed E-state index contributed by atoms with van der Waals surface area (Å²) in [6, 6.07) is 8.43. The molecule has 0 bridgehead atoms. The van der Waals surface area contributed by atoms with Crippen molar-refractivity contribution in [3.63, 3.8) is 0 Å². The van der Waals surface area contributed by atoms with Crippen LogP contribution in [0.5, 0.6) is 5.75 Å². The highest BCUT2D eigenvalue weighted by atomic mass is 16.5. The number of piperidine rings is 1. The van der Waals surface area contributed by atoms with Gasteiger partial charge in [-0.3, -0.25) is 4.79 Å². The fourth-order valence-corrected chi connectivity index (χ4v) is 2.73. The van der Waals surface area contributed by atoms with Gasteiger partial charge in [-0.2, -0.15) is 0 Å². The summed E-state index contributed by atoms with van der Waals surface area (Å²) in [6.07, 6.45) is 2.19. The van der Waals surface area contributed by atoms with Crippen molar-refractivity contribution in [1.29, 1.82) is 0 Å². The Morgan fingerprint density at radius 3 is 2.59 bits per heavy atom. The standard InChI is InChI=1S/C18H28N2O2/c1-18(2,3)14-7-9-16(10-8-14)22-13-17(21)20-11-5-6-15(12-20)19-4/h7-10,15,19H,5-6,11-13H2,1-4H3. The third kappa shape index (κ3) is 4.47. The molecule has 1 atom stereocenters. The summed E-state index contributed by atoms with van der Waals surface area (Å²) in [6.45, 7) is 8.28. The first kappa shape index (κ1) is 16.8. The van der Waals surface area contributed by atoms with E-state index in [4.69, 9.17) is 4.74 Å². The number of ether oxygens (including phenoxy) is 1. The minimum Gasteiger partial charge on any atom is -0.484 e. The van der Waals surface area contributed by atoms with Gasteiger partial charge in [-0.25, -0.2) is 0 Å². The molecular formula is C18H28N2O2. The number of rotatable bonds is 4. The largest absolute Gasteiger partial charge is 0.484 e. The predicted octanol–water partition coefficient (Wildman–Crippen LogP) is 2.57. The monoisotopic (exact) mass is 304 g/mol. The molecular weight excluding hydrogens is 276 g/mol. The quantitative estimate of drug-likeness (QED) is 0.929. The molecule has 0 radical (unpaired) electrons. The van der Waals surface area contributed by atoms with E-state index in [2.05, 4.69) is 38.2 Å². The normalized spacial score (nSPS) is 19.1. The van der Waals surface area contributed by atoms with E-state index in [9.17, 15) is 4.79 Å². The molecule has 1 heterocycles. The summed E-state index contributed by atoms with van der Waals surface area (Å²) in [5.74, 6) is 0.823. The number of nitrogens with zero attached hydrogens (tertiary/aromatic N) is 1. The molecule has 22 heavy (non-hydrogen) atoms. The van der Waals surface area contributed by atoms with Gasteiger partial charge in [0.15, 0.2) is 6.61 Å². The Kier molecular flexibility index (Phi) is 5.46. The van der Waals surface area contributed by atoms with Gasteiger partial charge < -0.3 is 15.0 Å². The Bertz CT molecular complexity index is 491. The van der Waals surface area contributed by atoms with E-state index in [0.29, 0.717) is 6.04 Å². The number of likely N-dealkylation sites (N-methyl/N-ethyl adjacent to an activating group) is 1. The molecule has 0 aliphatic carbocycles. The minimum atomic E-state index is 0.0693. The highest BCUT2D eigenvalue weighted by molar-refractivity contribution is 5.77. The van der Waals surface area contributed by atoms with E-state index in [-0.39, 0.29) is 17.9 Å². The summed E-state index contributed by atoms with van der Waals surface area (Å²) < 4.78 is 5.65. The van der Waals surface area contributed by atoms with Gasteiger partial charge in [0, 0.05) is 19.1 Å². The van der Waals surface area contributed by atoms with Crippen LogP contribution in [0.25, 0.3) is 0 Å². The minimum absolute atomic E-state index is 0.0693. The van der Waals surface area contributed by atoms with Crippen LogP contribution in [0.4, 0.5) is 0 Å². The van der Waals surface area contributed by atoms with Crippen molar-refractivity contribution >= 4 is 5.91 Å². The van der Waals surface area contributed by atoms with Crippen molar-refractivity contribution < 1.29 is 9.53 Å². The summed E-state index contributed by atoms with van der Waals surface area (Å²) in [5.41, 5.74) is 1.39. The third-order valence-corrected chi connectivity index (χ3v) is 4.26. The Morgan fingerprint density at radius 2 is 2.00 bits per heavy atom. The lowest BCUT2D eigenvalue weighted by molar-refractivity contribution is -0.134. The highest BCUT2D eigenvalue weighted by Crippen LogP contribution is 2.24. The van der Waals surface area contributed by atoms with Crippen LogP contribution < -0.4 is 10.1 Å². The fraction of sp³-hybridized carbons (Fsp3) is 0.611. The Labute approximate surface area is 133 Å². The molecule has 4 nitrogen and oxygen atoms in total. The summed E-state index contributed by atoms with van der Waals surface area (Å²) in [4.78, 5) is 14.1. The average Bonchev–Trinajstić information content (AvgIpc) is 2.52. The molecule has 1 fully saturated rings. The van der Waals surface area contributed by atoms with E-state index in [0.717, 1.165) is 31.7 Å². The van der Waals surface area contributed by atoms with Crippen molar-refractivity contribution in [2.24, 2.45) is 0 Å². The molecule has 1 aromatic carbocycles. The third-order valence-electron chi connectivity index (χ3n) is 4.26. The van der Waals surface area contributed by atoms with Crippen molar-refractivity contribution in [1.82, 2.24) is 10.2 Å². The molecule has 1 aliphatic heterocycles. The maximum atomic E-state index is 12.2. The molecule has 4 heteroatoms. The zero-order valence-corrected chi connectivity index (χ0v) is 14.2. The average molecular weight is 304 g/mol. The zero-order valence-electron chi connectivity index (χ0n) is 14.2.